The van der Waals surface area contributed by atoms with Gasteiger partial charge in [-0.25, -0.2) is 0 Å². The second-order valence-electron chi connectivity index (χ2n) is 4.77. The highest BCUT2D eigenvalue weighted by Gasteiger charge is 2.30. The molecule has 1 aromatic carbocycles. The van der Waals surface area contributed by atoms with Crippen LogP contribution in [0.4, 0.5) is 13.2 Å². The molecular formula is C16H14F3NO3. The molecule has 0 spiro atoms. The summed E-state index contributed by atoms with van der Waals surface area (Å²) in [5.74, 6) is -0.433. The van der Waals surface area contributed by atoms with E-state index in [4.69, 9.17) is 4.42 Å². The molecule has 2 aromatic rings. The average molecular weight is 325 g/mol. The van der Waals surface area contributed by atoms with Crippen LogP contribution in [0, 0.1) is 0 Å². The molecule has 122 valence electrons. The summed E-state index contributed by atoms with van der Waals surface area (Å²) in [7, 11) is 0. The van der Waals surface area contributed by atoms with Gasteiger partial charge in [-0.05, 0) is 29.8 Å². The van der Waals surface area contributed by atoms with E-state index in [0.717, 1.165) is 12.1 Å². The zero-order valence-electron chi connectivity index (χ0n) is 11.9. The van der Waals surface area contributed by atoms with E-state index in [9.17, 15) is 23.1 Å². The predicted octanol–water partition coefficient (Wildman–Crippen LogP) is 3.16. The van der Waals surface area contributed by atoms with Gasteiger partial charge in [-0.3, -0.25) is 4.79 Å². The number of carbonyl (C=O) groups excluding carboxylic acids is 1. The van der Waals surface area contributed by atoms with Crippen LogP contribution in [-0.2, 0) is 11.0 Å². The van der Waals surface area contributed by atoms with Gasteiger partial charge >= 0.3 is 6.18 Å². The second-order valence-corrected chi connectivity index (χ2v) is 4.77. The number of hydrogen-bond acceptors (Lipinski definition) is 3. The Morgan fingerprint density at radius 2 is 1.96 bits per heavy atom. The molecule has 0 bridgehead atoms. The van der Waals surface area contributed by atoms with Crippen LogP contribution in [0.2, 0.25) is 0 Å². The average Bonchev–Trinajstić information content (AvgIpc) is 3.03. The first-order valence-electron chi connectivity index (χ1n) is 6.69. The van der Waals surface area contributed by atoms with Crippen molar-refractivity contribution < 1.29 is 27.5 Å². The van der Waals surface area contributed by atoms with Gasteiger partial charge in [-0.2, -0.15) is 13.2 Å². The molecule has 4 nitrogen and oxygen atoms in total. The molecule has 0 fully saturated rings. The maximum absolute atomic E-state index is 12.4. The monoisotopic (exact) mass is 325 g/mol. The number of rotatable bonds is 5. The largest absolute Gasteiger partial charge is 0.472 e. The van der Waals surface area contributed by atoms with Gasteiger partial charge < -0.3 is 14.8 Å². The molecule has 0 radical (unpaired) electrons. The van der Waals surface area contributed by atoms with Crippen molar-refractivity contribution in [2.75, 3.05) is 6.54 Å². The molecule has 2 N–H and O–H groups in total. The minimum absolute atomic E-state index is 0.111. The summed E-state index contributed by atoms with van der Waals surface area (Å²) >= 11 is 0. The lowest BCUT2D eigenvalue weighted by Crippen LogP contribution is -2.26. The van der Waals surface area contributed by atoms with E-state index in [-0.39, 0.29) is 12.1 Å². The normalized spacial score (nSPS) is 13.2. The molecule has 0 saturated heterocycles. The van der Waals surface area contributed by atoms with Crippen LogP contribution < -0.4 is 5.32 Å². The molecule has 1 amide bonds. The summed E-state index contributed by atoms with van der Waals surface area (Å²) in [5.41, 5.74) is 0.209. The van der Waals surface area contributed by atoms with Gasteiger partial charge in [0.15, 0.2) is 0 Å². The second kappa shape index (κ2) is 7.15. The Hall–Kier alpha value is -2.54. The van der Waals surface area contributed by atoms with E-state index < -0.39 is 23.8 Å². The number of benzene rings is 1. The van der Waals surface area contributed by atoms with E-state index in [0.29, 0.717) is 5.56 Å². The summed E-state index contributed by atoms with van der Waals surface area (Å²) < 4.78 is 42.2. The number of alkyl halides is 3. The van der Waals surface area contributed by atoms with Gasteiger partial charge in [0.2, 0.25) is 5.91 Å². The van der Waals surface area contributed by atoms with E-state index in [1.807, 2.05) is 0 Å². The lowest BCUT2D eigenvalue weighted by Gasteiger charge is -2.13. The lowest BCUT2D eigenvalue weighted by atomic mass is 10.1. The quantitative estimate of drug-likeness (QED) is 0.830. The Kier molecular flexibility index (Phi) is 5.23. The van der Waals surface area contributed by atoms with Gasteiger partial charge in [0.05, 0.1) is 24.2 Å². The third-order valence-corrected chi connectivity index (χ3v) is 3.06. The first kappa shape index (κ1) is 16.8. The fraction of sp³-hybridized carbons (Fsp3) is 0.188. The molecule has 0 aliphatic rings. The van der Waals surface area contributed by atoms with Gasteiger partial charge in [0.25, 0.3) is 0 Å². The fourth-order valence-corrected chi connectivity index (χ4v) is 1.81. The Labute approximate surface area is 130 Å². The van der Waals surface area contributed by atoms with Crippen molar-refractivity contribution in [3.8, 4) is 0 Å². The highest BCUT2D eigenvalue weighted by molar-refractivity contribution is 5.91. The Morgan fingerprint density at radius 1 is 1.26 bits per heavy atom. The highest BCUT2D eigenvalue weighted by Crippen LogP contribution is 2.29. The number of furan rings is 1. The molecule has 7 heteroatoms. The van der Waals surface area contributed by atoms with Crippen molar-refractivity contribution in [1.29, 1.82) is 0 Å². The fourth-order valence-electron chi connectivity index (χ4n) is 1.81. The molecule has 0 saturated carbocycles. The smallest absolute Gasteiger partial charge is 0.416 e. The van der Waals surface area contributed by atoms with Crippen LogP contribution in [0.3, 0.4) is 0 Å². The van der Waals surface area contributed by atoms with Gasteiger partial charge in [-0.1, -0.05) is 12.1 Å². The SMILES string of the molecule is O=C(/C=C/c1ccoc1)NC[C@@H](O)c1ccc(C(F)(F)F)cc1. The molecule has 0 aliphatic heterocycles. The summed E-state index contributed by atoms with van der Waals surface area (Å²) in [4.78, 5) is 11.6. The van der Waals surface area contributed by atoms with Crippen LogP contribution >= 0.6 is 0 Å². The van der Waals surface area contributed by atoms with Gasteiger partial charge in [-0.15, -0.1) is 0 Å². The molecule has 2 rings (SSSR count). The molecule has 23 heavy (non-hydrogen) atoms. The van der Waals surface area contributed by atoms with E-state index in [2.05, 4.69) is 5.32 Å². The maximum atomic E-state index is 12.4. The van der Waals surface area contributed by atoms with Crippen molar-refractivity contribution in [3.05, 3.63) is 65.6 Å². The summed E-state index contributed by atoms with van der Waals surface area (Å²) in [6.45, 7) is -0.111. The Morgan fingerprint density at radius 3 is 2.52 bits per heavy atom. The minimum Gasteiger partial charge on any atom is -0.472 e. The number of aliphatic hydroxyl groups excluding tert-OH is 1. The number of hydrogen-bond donors (Lipinski definition) is 2. The van der Waals surface area contributed by atoms with Crippen LogP contribution in [-0.4, -0.2) is 17.6 Å². The summed E-state index contributed by atoms with van der Waals surface area (Å²) in [6, 6.07) is 5.81. The first-order chi connectivity index (χ1) is 10.9. The summed E-state index contributed by atoms with van der Waals surface area (Å²) in [5, 5.41) is 12.3. The zero-order chi connectivity index (χ0) is 16.9. The standard InChI is InChI=1S/C16H14F3NO3/c17-16(18,19)13-4-2-12(3-5-13)14(21)9-20-15(22)6-1-11-7-8-23-10-11/h1-8,10,14,21H,9H2,(H,20,22)/b6-1+/t14-/m1/s1. The Balaban J connectivity index is 1.87. The number of aliphatic hydroxyl groups is 1. The van der Waals surface area contributed by atoms with E-state index in [1.165, 1.54) is 36.8 Å². The van der Waals surface area contributed by atoms with Crippen LogP contribution in [0.5, 0.6) is 0 Å². The molecule has 0 unspecified atom stereocenters. The molecule has 1 aromatic heterocycles. The van der Waals surface area contributed by atoms with Crippen molar-refractivity contribution in [3.63, 3.8) is 0 Å². The molecular weight excluding hydrogens is 311 g/mol. The summed E-state index contributed by atoms with van der Waals surface area (Å²) in [6.07, 6.45) is 0.208. The topological polar surface area (TPSA) is 62.5 Å². The van der Waals surface area contributed by atoms with Gasteiger partial charge in [0.1, 0.15) is 0 Å². The van der Waals surface area contributed by atoms with Crippen molar-refractivity contribution in [1.82, 2.24) is 5.32 Å². The lowest BCUT2D eigenvalue weighted by molar-refractivity contribution is -0.137. The minimum atomic E-state index is -4.42. The number of amides is 1. The van der Waals surface area contributed by atoms with Gasteiger partial charge in [0, 0.05) is 18.2 Å². The van der Waals surface area contributed by atoms with E-state index >= 15 is 0 Å². The third-order valence-electron chi connectivity index (χ3n) is 3.06. The molecule has 1 heterocycles. The van der Waals surface area contributed by atoms with Crippen LogP contribution in [0.15, 0.2) is 53.4 Å². The number of carbonyl (C=O) groups is 1. The van der Waals surface area contributed by atoms with Crippen molar-refractivity contribution in [2.45, 2.75) is 12.3 Å². The zero-order valence-corrected chi connectivity index (χ0v) is 11.9. The molecule has 0 aliphatic carbocycles. The van der Waals surface area contributed by atoms with Crippen LogP contribution in [0.25, 0.3) is 6.08 Å². The molecule has 1 atom stereocenters. The van der Waals surface area contributed by atoms with Crippen LogP contribution in [0.1, 0.15) is 22.8 Å². The number of halogens is 3. The third kappa shape index (κ3) is 5.00. The van der Waals surface area contributed by atoms with E-state index in [1.54, 1.807) is 6.07 Å². The van der Waals surface area contributed by atoms with Crippen molar-refractivity contribution in [2.24, 2.45) is 0 Å². The maximum Gasteiger partial charge on any atom is 0.416 e. The Bertz CT molecular complexity index is 661. The highest BCUT2D eigenvalue weighted by atomic mass is 19.4. The van der Waals surface area contributed by atoms with Crippen molar-refractivity contribution >= 4 is 12.0 Å². The number of nitrogens with one attached hydrogen (secondary N) is 1. The first-order valence-corrected chi connectivity index (χ1v) is 6.69. The predicted molar refractivity (Wildman–Crippen MR) is 77.2 cm³/mol.